The number of hydrogen-bond donors (Lipinski definition) is 1. The molecule has 1 N–H and O–H groups in total. The van der Waals surface area contributed by atoms with E-state index in [2.05, 4.69) is 39.7 Å². The third kappa shape index (κ3) is 2.08. The first kappa shape index (κ1) is 12.1. The molecule has 1 atom stereocenters. The van der Waals surface area contributed by atoms with Crippen LogP contribution in [0.3, 0.4) is 0 Å². The first-order valence-corrected chi connectivity index (χ1v) is 6.69. The van der Waals surface area contributed by atoms with Gasteiger partial charge in [0.05, 0.1) is 11.6 Å². The Morgan fingerprint density at radius 3 is 2.74 bits per heavy atom. The number of H-pyrrole nitrogens is 1. The summed E-state index contributed by atoms with van der Waals surface area (Å²) in [5.74, 6) is 0. The molecule has 2 aromatic heterocycles. The Morgan fingerprint density at radius 2 is 2.00 bits per heavy atom. The number of benzene rings is 1. The van der Waals surface area contributed by atoms with Crippen molar-refractivity contribution in [2.24, 2.45) is 0 Å². The van der Waals surface area contributed by atoms with Crippen LogP contribution in [0.2, 0.25) is 0 Å². The molecular formula is C15H15N3S. The first-order chi connectivity index (χ1) is 9.16. The van der Waals surface area contributed by atoms with Crippen molar-refractivity contribution in [1.82, 2.24) is 14.5 Å². The van der Waals surface area contributed by atoms with Gasteiger partial charge in [0, 0.05) is 6.20 Å². The minimum atomic E-state index is 0.164. The van der Waals surface area contributed by atoms with Gasteiger partial charge in [0.2, 0.25) is 0 Å². The SMILES string of the molecule is Cc1cnc2c(c1)[nH]c(=S)n2C(C)c1ccccc1. The molecule has 0 amide bonds. The predicted molar refractivity (Wildman–Crippen MR) is 79.9 cm³/mol. The molecule has 0 saturated carbocycles. The topological polar surface area (TPSA) is 33.6 Å². The largest absolute Gasteiger partial charge is 0.329 e. The minimum absolute atomic E-state index is 0.164. The molecule has 3 aromatic rings. The number of nitrogens with one attached hydrogen (secondary N) is 1. The lowest BCUT2D eigenvalue weighted by Gasteiger charge is -2.14. The number of rotatable bonds is 2. The molecule has 1 unspecified atom stereocenters. The quantitative estimate of drug-likeness (QED) is 0.713. The molecule has 0 spiro atoms. The summed E-state index contributed by atoms with van der Waals surface area (Å²) in [4.78, 5) is 7.75. The summed E-state index contributed by atoms with van der Waals surface area (Å²) in [6, 6.07) is 12.6. The Labute approximate surface area is 116 Å². The van der Waals surface area contributed by atoms with Crippen LogP contribution in [0.25, 0.3) is 11.2 Å². The monoisotopic (exact) mass is 269 g/mol. The van der Waals surface area contributed by atoms with Crippen LogP contribution in [-0.2, 0) is 0 Å². The maximum absolute atomic E-state index is 5.44. The second kappa shape index (κ2) is 4.63. The van der Waals surface area contributed by atoms with Gasteiger partial charge in [0.1, 0.15) is 0 Å². The van der Waals surface area contributed by atoms with Crippen LogP contribution in [0.1, 0.15) is 24.1 Å². The molecule has 2 heterocycles. The molecule has 0 aliphatic rings. The maximum atomic E-state index is 5.44. The number of fused-ring (bicyclic) bond motifs is 1. The van der Waals surface area contributed by atoms with Crippen molar-refractivity contribution in [3.8, 4) is 0 Å². The summed E-state index contributed by atoms with van der Waals surface area (Å²) in [5.41, 5.74) is 4.25. The molecule has 3 nitrogen and oxygen atoms in total. The summed E-state index contributed by atoms with van der Waals surface area (Å²) < 4.78 is 2.78. The summed E-state index contributed by atoms with van der Waals surface area (Å²) in [5, 5.41) is 0. The predicted octanol–water partition coefficient (Wildman–Crippen LogP) is 4.01. The Kier molecular flexibility index (Phi) is 2.95. The van der Waals surface area contributed by atoms with Crippen molar-refractivity contribution in [3.05, 3.63) is 58.5 Å². The molecule has 0 saturated heterocycles. The van der Waals surface area contributed by atoms with Crippen LogP contribution in [0, 0.1) is 11.7 Å². The van der Waals surface area contributed by atoms with Crippen LogP contribution in [0.15, 0.2) is 42.6 Å². The van der Waals surface area contributed by atoms with E-state index in [9.17, 15) is 0 Å². The van der Waals surface area contributed by atoms with Gasteiger partial charge in [0.15, 0.2) is 10.4 Å². The average Bonchev–Trinajstić information content (AvgIpc) is 2.74. The van der Waals surface area contributed by atoms with Gasteiger partial charge in [-0.25, -0.2) is 4.98 Å². The fourth-order valence-corrected chi connectivity index (χ4v) is 2.71. The number of aromatic nitrogens is 3. The number of hydrogen-bond acceptors (Lipinski definition) is 2. The average molecular weight is 269 g/mol. The lowest BCUT2D eigenvalue weighted by Crippen LogP contribution is -2.07. The number of imidazole rings is 1. The summed E-state index contributed by atoms with van der Waals surface area (Å²) in [7, 11) is 0. The maximum Gasteiger partial charge on any atom is 0.179 e. The van der Waals surface area contributed by atoms with Gasteiger partial charge in [-0.2, -0.15) is 0 Å². The van der Waals surface area contributed by atoms with Gasteiger partial charge in [-0.15, -0.1) is 0 Å². The van der Waals surface area contributed by atoms with Crippen LogP contribution < -0.4 is 0 Å². The van der Waals surface area contributed by atoms with Gasteiger partial charge in [-0.05, 0) is 43.3 Å². The Hall–Kier alpha value is -1.94. The van der Waals surface area contributed by atoms with Crippen molar-refractivity contribution in [3.63, 3.8) is 0 Å². The van der Waals surface area contributed by atoms with E-state index in [1.807, 2.05) is 31.3 Å². The summed E-state index contributed by atoms with van der Waals surface area (Å²) in [6.45, 7) is 4.17. The second-order valence-electron chi connectivity index (χ2n) is 4.77. The van der Waals surface area contributed by atoms with Crippen molar-refractivity contribution in [1.29, 1.82) is 0 Å². The van der Waals surface area contributed by atoms with E-state index in [0.29, 0.717) is 4.77 Å². The first-order valence-electron chi connectivity index (χ1n) is 6.28. The third-order valence-corrected chi connectivity index (χ3v) is 3.66. The molecule has 3 rings (SSSR count). The van der Waals surface area contributed by atoms with Gasteiger partial charge in [-0.1, -0.05) is 30.3 Å². The van der Waals surface area contributed by atoms with E-state index in [0.717, 1.165) is 16.7 Å². The standard InChI is InChI=1S/C15H15N3S/c1-10-8-13-14(16-9-10)18(15(19)17-13)11(2)12-6-4-3-5-7-12/h3-9,11H,1-2H3,(H,17,19). The highest BCUT2D eigenvalue weighted by atomic mass is 32.1. The molecule has 0 aliphatic heterocycles. The third-order valence-electron chi connectivity index (χ3n) is 3.36. The highest BCUT2D eigenvalue weighted by Gasteiger charge is 2.13. The van der Waals surface area contributed by atoms with E-state index in [1.165, 1.54) is 5.56 Å². The lowest BCUT2D eigenvalue weighted by molar-refractivity contribution is 0.644. The number of aryl methyl sites for hydroxylation is 1. The molecule has 0 bridgehead atoms. The smallest absolute Gasteiger partial charge is 0.179 e. The van der Waals surface area contributed by atoms with Crippen molar-refractivity contribution >= 4 is 23.4 Å². The zero-order valence-corrected chi connectivity index (χ0v) is 11.7. The van der Waals surface area contributed by atoms with E-state index in [4.69, 9.17) is 12.2 Å². The molecule has 19 heavy (non-hydrogen) atoms. The zero-order chi connectivity index (χ0) is 13.4. The number of pyridine rings is 1. The van der Waals surface area contributed by atoms with Crippen LogP contribution >= 0.6 is 12.2 Å². The fraction of sp³-hybridized carbons (Fsp3) is 0.200. The van der Waals surface area contributed by atoms with E-state index in [-0.39, 0.29) is 6.04 Å². The van der Waals surface area contributed by atoms with Gasteiger partial charge in [-0.3, -0.25) is 4.57 Å². The number of nitrogens with zero attached hydrogens (tertiary/aromatic N) is 2. The Balaban J connectivity index is 2.20. The highest BCUT2D eigenvalue weighted by molar-refractivity contribution is 7.71. The Bertz CT molecular complexity index is 771. The van der Waals surface area contributed by atoms with Crippen molar-refractivity contribution < 1.29 is 0 Å². The molecule has 0 radical (unpaired) electrons. The molecule has 0 fully saturated rings. The van der Waals surface area contributed by atoms with Crippen LogP contribution in [-0.4, -0.2) is 14.5 Å². The molecular weight excluding hydrogens is 254 g/mol. The Morgan fingerprint density at radius 1 is 1.26 bits per heavy atom. The lowest BCUT2D eigenvalue weighted by atomic mass is 10.1. The summed E-state index contributed by atoms with van der Waals surface area (Å²) in [6.07, 6.45) is 1.87. The van der Waals surface area contributed by atoms with Gasteiger partial charge in [0.25, 0.3) is 0 Å². The highest BCUT2D eigenvalue weighted by Crippen LogP contribution is 2.23. The molecule has 1 aromatic carbocycles. The zero-order valence-electron chi connectivity index (χ0n) is 10.9. The molecule has 0 aliphatic carbocycles. The van der Waals surface area contributed by atoms with Crippen LogP contribution in [0.4, 0.5) is 0 Å². The number of aromatic amines is 1. The molecule has 96 valence electrons. The van der Waals surface area contributed by atoms with Gasteiger partial charge >= 0.3 is 0 Å². The van der Waals surface area contributed by atoms with Crippen molar-refractivity contribution in [2.45, 2.75) is 19.9 Å². The van der Waals surface area contributed by atoms with Crippen molar-refractivity contribution in [2.75, 3.05) is 0 Å². The summed E-state index contributed by atoms with van der Waals surface area (Å²) >= 11 is 5.44. The van der Waals surface area contributed by atoms with Gasteiger partial charge < -0.3 is 4.98 Å². The normalized spacial score (nSPS) is 12.7. The second-order valence-corrected chi connectivity index (χ2v) is 5.16. The molecule has 4 heteroatoms. The fourth-order valence-electron chi connectivity index (χ4n) is 2.36. The van der Waals surface area contributed by atoms with E-state index >= 15 is 0 Å². The van der Waals surface area contributed by atoms with Crippen LogP contribution in [0.5, 0.6) is 0 Å². The van der Waals surface area contributed by atoms with E-state index in [1.54, 1.807) is 0 Å². The minimum Gasteiger partial charge on any atom is -0.329 e. The van der Waals surface area contributed by atoms with E-state index < -0.39 is 0 Å².